The molecule has 2 aromatic rings. The number of nitrogens with zero attached hydrogens (tertiary/aromatic N) is 1. The topological polar surface area (TPSA) is 38.8 Å². The number of thiocarbonyl (C=S) groups is 1. The van der Waals surface area contributed by atoms with Crippen molar-refractivity contribution in [2.45, 2.75) is 6.92 Å². The number of carbonyl (C=O) groups excluding carboxylic acids is 1. The summed E-state index contributed by atoms with van der Waals surface area (Å²) in [5.41, 5.74) is 1.76. The van der Waals surface area contributed by atoms with Crippen LogP contribution in [0.25, 0.3) is 6.08 Å². The van der Waals surface area contributed by atoms with E-state index in [1.54, 1.807) is 24.3 Å². The molecule has 0 bridgehead atoms. The summed E-state index contributed by atoms with van der Waals surface area (Å²) in [6, 6.07) is 11.1. The van der Waals surface area contributed by atoms with Gasteiger partial charge in [0.05, 0.1) is 9.93 Å². The molecule has 1 aliphatic heterocycles. The Morgan fingerprint density at radius 2 is 1.87 bits per heavy atom. The molecule has 1 saturated heterocycles. The molecule has 0 saturated carbocycles. The van der Waals surface area contributed by atoms with E-state index in [0.717, 1.165) is 11.3 Å². The van der Waals surface area contributed by atoms with Gasteiger partial charge in [-0.05, 0) is 37.3 Å². The van der Waals surface area contributed by atoms with E-state index >= 15 is 0 Å². The van der Waals surface area contributed by atoms with Crippen molar-refractivity contribution in [3.8, 4) is 11.5 Å². The second-order valence-corrected chi connectivity index (χ2v) is 8.92. The number of hydrogen-bond donors (Lipinski definition) is 0. The first-order valence-corrected chi connectivity index (χ1v) is 11.0. The largest absolute Gasteiger partial charge is 0.490 e. The van der Waals surface area contributed by atoms with Gasteiger partial charge < -0.3 is 9.47 Å². The van der Waals surface area contributed by atoms with Gasteiger partial charge in [0.15, 0.2) is 0 Å². The molecule has 30 heavy (non-hydrogen) atoms. The van der Waals surface area contributed by atoms with Crippen molar-refractivity contribution < 1.29 is 14.3 Å². The molecule has 1 aliphatic rings. The van der Waals surface area contributed by atoms with Crippen molar-refractivity contribution in [3.63, 3.8) is 0 Å². The summed E-state index contributed by atoms with van der Waals surface area (Å²) in [4.78, 5) is 14.6. The fraction of sp³-hybridized carbons (Fsp3) is 0.182. The van der Waals surface area contributed by atoms with Gasteiger partial charge in [-0.25, -0.2) is 0 Å². The third-order valence-electron chi connectivity index (χ3n) is 4.13. The highest BCUT2D eigenvalue weighted by molar-refractivity contribution is 8.26. The van der Waals surface area contributed by atoms with E-state index in [2.05, 4.69) is 6.58 Å². The zero-order chi connectivity index (χ0) is 21.7. The van der Waals surface area contributed by atoms with E-state index in [0.29, 0.717) is 43.7 Å². The summed E-state index contributed by atoms with van der Waals surface area (Å²) >= 11 is 19.0. The molecule has 0 N–H and O–H groups in total. The van der Waals surface area contributed by atoms with E-state index in [1.807, 2.05) is 31.2 Å². The smallest absolute Gasteiger partial charge is 0.266 e. The Morgan fingerprint density at radius 3 is 2.57 bits per heavy atom. The van der Waals surface area contributed by atoms with E-state index < -0.39 is 0 Å². The summed E-state index contributed by atoms with van der Waals surface area (Å²) in [5.74, 6) is 1.01. The maximum atomic E-state index is 12.6. The highest BCUT2D eigenvalue weighted by Crippen LogP contribution is 2.38. The Balaban J connectivity index is 1.74. The average molecular weight is 480 g/mol. The second-order valence-electron chi connectivity index (χ2n) is 6.40. The number of carbonyl (C=O) groups is 1. The van der Waals surface area contributed by atoms with E-state index in [1.165, 1.54) is 16.7 Å². The van der Waals surface area contributed by atoms with Crippen LogP contribution in [0.15, 0.2) is 54.0 Å². The van der Waals surface area contributed by atoms with Crippen LogP contribution in [-0.4, -0.2) is 34.9 Å². The van der Waals surface area contributed by atoms with Crippen molar-refractivity contribution in [2.75, 3.05) is 19.8 Å². The Morgan fingerprint density at radius 1 is 1.17 bits per heavy atom. The van der Waals surface area contributed by atoms with E-state index in [-0.39, 0.29) is 12.5 Å². The second kappa shape index (κ2) is 10.4. The molecule has 156 valence electrons. The predicted molar refractivity (Wildman–Crippen MR) is 129 cm³/mol. The summed E-state index contributed by atoms with van der Waals surface area (Å²) in [5, 5.41) is 0.793. The fourth-order valence-electron chi connectivity index (χ4n) is 2.71. The van der Waals surface area contributed by atoms with Crippen LogP contribution < -0.4 is 9.47 Å². The minimum Gasteiger partial charge on any atom is -0.490 e. The Bertz CT molecular complexity index is 1010. The molecular weight excluding hydrogens is 461 g/mol. The number of amides is 1. The number of aryl methyl sites for hydroxylation is 1. The molecule has 0 aliphatic carbocycles. The number of thioether (sulfide) groups is 1. The number of benzene rings is 2. The normalized spacial score (nSPS) is 15.0. The zero-order valence-corrected chi connectivity index (χ0v) is 19.3. The van der Waals surface area contributed by atoms with Crippen molar-refractivity contribution >= 4 is 63.5 Å². The lowest BCUT2D eigenvalue weighted by molar-refractivity contribution is -0.121. The van der Waals surface area contributed by atoms with Crippen LogP contribution in [0.4, 0.5) is 0 Å². The maximum Gasteiger partial charge on any atom is 0.266 e. The lowest BCUT2D eigenvalue weighted by Crippen LogP contribution is -2.27. The molecular formula is C22H19Cl2NO3S2. The van der Waals surface area contributed by atoms with Gasteiger partial charge in [0.25, 0.3) is 5.91 Å². The third-order valence-corrected chi connectivity index (χ3v) is 6.01. The minimum atomic E-state index is -0.186. The zero-order valence-electron chi connectivity index (χ0n) is 16.2. The van der Waals surface area contributed by atoms with Crippen LogP contribution in [0.3, 0.4) is 0 Å². The summed E-state index contributed by atoms with van der Waals surface area (Å²) in [7, 11) is 0. The Kier molecular flexibility index (Phi) is 7.83. The van der Waals surface area contributed by atoms with Crippen molar-refractivity contribution in [2.24, 2.45) is 0 Å². The van der Waals surface area contributed by atoms with Crippen molar-refractivity contribution in [1.29, 1.82) is 0 Å². The van der Waals surface area contributed by atoms with Crippen LogP contribution >= 0.6 is 47.2 Å². The van der Waals surface area contributed by atoms with Gasteiger partial charge in [-0.2, -0.15) is 0 Å². The third kappa shape index (κ3) is 5.58. The minimum absolute atomic E-state index is 0.186. The molecule has 1 heterocycles. The van der Waals surface area contributed by atoms with E-state index in [4.69, 9.17) is 44.9 Å². The summed E-state index contributed by atoms with van der Waals surface area (Å²) in [6.07, 6.45) is 3.32. The molecule has 0 atom stereocenters. The lowest BCUT2D eigenvalue weighted by atomic mass is 10.1. The highest BCUT2D eigenvalue weighted by atomic mass is 35.5. The van der Waals surface area contributed by atoms with Crippen LogP contribution in [0.1, 0.15) is 11.1 Å². The van der Waals surface area contributed by atoms with E-state index in [9.17, 15) is 4.79 Å². The molecule has 8 heteroatoms. The maximum absolute atomic E-state index is 12.6. The SMILES string of the molecule is C=CCN1C(=O)C(=Cc2cc(Cl)cc(Cl)c2OCCOc2ccc(C)cc2)SC1=S. The lowest BCUT2D eigenvalue weighted by Gasteiger charge is -2.13. The van der Waals surface area contributed by atoms with Gasteiger partial charge in [0, 0.05) is 17.1 Å². The van der Waals surface area contributed by atoms with Gasteiger partial charge in [-0.15, -0.1) is 6.58 Å². The molecule has 1 fully saturated rings. The Hall–Kier alpha value is -1.99. The summed E-state index contributed by atoms with van der Waals surface area (Å²) in [6.45, 7) is 6.64. The predicted octanol–water partition coefficient (Wildman–Crippen LogP) is 6.15. The first kappa shape index (κ1) is 22.7. The van der Waals surface area contributed by atoms with Crippen molar-refractivity contribution in [3.05, 3.63) is 75.1 Å². The fourth-order valence-corrected chi connectivity index (χ4v) is 4.53. The van der Waals surface area contributed by atoms with Crippen LogP contribution in [-0.2, 0) is 4.79 Å². The van der Waals surface area contributed by atoms with Crippen LogP contribution in [0.2, 0.25) is 10.0 Å². The number of halogens is 2. The quantitative estimate of drug-likeness (QED) is 0.196. The number of rotatable bonds is 8. The molecule has 0 unspecified atom stereocenters. The van der Waals surface area contributed by atoms with Gasteiger partial charge in [0.1, 0.15) is 29.0 Å². The number of hydrogen-bond acceptors (Lipinski definition) is 5. The molecule has 2 aromatic carbocycles. The first-order valence-electron chi connectivity index (χ1n) is 9.06. The Labute approximate surface area is 195 Å². The van der Waals surface area contributed by atoms with Gasteiger partial charge in [-0.1, -0.05) is 71.0 Å². The molecule has 0 radical (unpaired) electrons. The van der Waals surface area contributed by atoms with Gasteiger partial charge >= 0.3 is 0 Å². The monoisotopic (exact) mass is 479 g/mol. The van der Waals surface area contributed by atoms with Crippen LogP contribution in [0.5, 0.6) is 11.5 Å². The highest BCUT2D eigenvalue weighted by Gasteiger charge is 2.31. The van der Waals surface area contributed by atoms with Gasteiger partial charge in [-0.3, -0.25) is 9.69 Å². The molecule has 0 aromatic heterocycles. The molecule has 0 spiro atoms. The van der Waals surface area contributed by atoms with Crippen LogP contribution in [0, 0.1) is 6.92 Å². The standard InChI is InChI=1S/C22H19Cl2NO3S2/c1-3-8-25-21(26)19(30-22(25)29)12-15-11-16(23)13-18(24)20(15)28-10-9-27-17-6-4-14(2)5-7-17/h3-7,11-13H,1,8-10H2,2H3. The van der Waals surface area contributed by atoms with Gasteiger partial charge in [0.2, 0.25) is 0 Å². The van der Waals surface area contributed by atoms with Crippen molar-refractivity contribution in [1.82, 2.24) is 4.90 Å². The summed E-state index contributed by atoms with van der Waals surface area (Å²) < 4.78 is 12.0. The number of ether oxygens (including phenoxy) is 2. The average Bonchev–Trinajstić information content (AvgIpc) is 2.96. The molecule has 3 rings (SSSR count). The first-order chi connectivity index (χ1) is 14.4. The molecule has 1 amide bonds. The molecule has 4 nitrogen and oxygen atoms in total.